The summed E-state index contributed by atoms with van der Waals surface area (Å²) in [6.45, 7) is 3.45. The van der Waals surface area contributed by atoms with E-state index in [1.165, 1.54) is 51.6 Å². The van der Waals surface area contributed by atoms with Gasteiger partial charge in [-0.1, -0.05) is 109 Å². The molecule has 0 bridgehead atoms. The predicted molar refractivity (Wildman–Crippen MR) is 197 cm³/mol. The highest BCUT2D eigenvalue weighted by molar-refractivity contribution is 5.75. The van der Waals surface area contributed by atoms with Crippen LogP contribution in [-0.2, 0) is 46.4 Å². The van der Waals surface area contributed by atoms with Gasteiger partial charge >= 0.3 is 5.97 Å². The number of hydrogen-bond donors (Lipinski definition) is 0. The quantitative estimate of drug-likeness (QED) is 0.113. The summed E-state index contributed by atoms with van der Waals surface area (Å²) in [6.07, 6.45) is 3.91. The van der Waals surface area contributed by atoms with Crippen molar-refractivity contribution in [3.8, 4) is 16.9 Å². The minimum Gasteiger partial charge on any atom is -0.492 e. The van der Waals surface area contributed by atoms with Gasteiger partial charge in [0.05, 0.1) is 12.6 Å². The molecule has 5 heteroatoms. The van der Waals surface area contributed by atoms with Crippen LogP contribution >= 0.6 is 0 Å². The van der Waals surface area contributed by atoms with Crippen LogP contribution in [0.25, 0.3) is 11.1 Å². The average Bonchev–Trinajstić information content (AvgIpc) is 3.30. The summed E-state index contributed by atoms with van der Waals surface area (Å²) >= 11 is 0. The molecule has 0 radical (unpaired) electrons. The fourth-order valence-corrected chi connectivity index (χ4v) is 6.90. The van der Waals surface area contributed by atoms with Gasteiger partial charge in [-0.15, -0.1) is 0 Å². The molecule has 0 N–H and O–H groups in total. The number of likely N-dealkylation sites (N-methyl/N-ethyl adjacent to an activating group) is 1. The van der Waals surface area contributed by atoms with Gasteiger partial charge in [0.25, 0.3) is 0 Å². The molecule has 5 aromatic rings. The molecule has 0 aliphatic heterocycles. The molecule has 0 fully saturated rings. The van der Waals surface area contributed by atoms with Crippen molar-refractivity contribution in [1.82, 2.24) is 4.90 Å². The Bertz CT molecular complexity index is 1800. The number of hydrogen-bond acceptors (Lipinski definition) is 5. The van der Waals surface area contributed by atoms with Crippen LogP contribution in [0.2, 0.25) is 0 Å². The van der Waals surface area contributed by atoms with Gasteiger partial charge in [0.1, 0.15) is 12.4 Å². The van der Waals surface area contributed by atoms with Crippen LogP contribution in [0.3, 0.4) is 0 Å². The van der Waals surface area contributed by atoms with Crippen molar-refractivity contribution in [3.63, 3.8) is 0 Å². The highest BCUT2D eigenvalue weighted by atomic mass is 16.6. The van der Waals surface area contributed by atoms with E-state index in [2.05, 4.69) is 109 Å². The van der Waals surface area contributed by atoms with Crippen molar-refractivity contribution < 1.29 is 19.0 Å². The number of esters is 1. The number of carbonyl (C=O) groups is 1. The summed E-state index contributed by atoms with van der Waals surface area (Å²) in [4.78, 5) is 14.6. The van der Waals surface area contributed by atoms with E-state index in [0.717, 1.165) is 43.5 Å². The molecule has 5 aromatic carbocycles. The zero-order chi connectivity index (χ0) is 34.0. The van der Waals surface area contributed by atoms with Crippen LogP contribution in [0.15, 0.2) is 121 Å². The fourth-order valence-electron chi connectivity index (χ4n) is 6.90. The largest absolute Gasteiger partial charge is 0.492 e. The molecule has 2 atom stereocenters. The molecular formula is C44H47NO4. The lowest BCUT2D eigenvalue weighted by molar-refractivity contribution is -0.154. The molecule has 49 heavy (non-hydrogen) atoms. The molecule has 5 nitrogen and oxygen atoms in total. The topological polar surface area (TPSA) is 48.0 Å². The molecule has 2 unspecified atom stereocenters. The van der Waals surface area contributed by atoms with Gasteiger partial charge in [-0.25, -0.2) is 4.79 Å². The van der Waals surface area contributed by atoms with Crippen molar-refractivity contribution in [2.75, 3.05) is 33.9 Å². The lowest BCUT2D eigenvalue weighted by atomic mass is 9.90. The number of carbonyl (C=O) groups excluding carboxylic acids is 1. The van der Waals surface area contributed by atoms with E-state index in [0.29, 0.717) is 19.6 Å². The van der Waals surface area contributed by atoms with Crippen molar-refractivity contribution >= 4 is 5.97 Å². The summed E-state index contributed by atoms with van der Waals surface area (Å²) in [6, 6.07) is 43.7. The Balaban J connectivity index is 1.20. The van der Waals surface area contributed by atoms with Crippen LogP contribution in [0.4, 0.5) is 0 Å². The van der Waals surface area contributed by atoms with E-state index in [-0.39, 0.29) is 12.0 Å². The number of aryl methyl sites for hydroxylation is 4. The molecule has 252 valence electrons. The molecule has 0 amide bonds. The van der Waals surface area contributed by atoms with Crippen LogP contribution in [0, 0.1) is 0 Å². The summed E-state index contributed by atoms with van der Waals surface area (Å²) < 4.78 is 16.8. The molecule has 0 saturated heterocycles. The maximum atomic E-state index is 12.2. The third kappa shape index (κ3) is 8.66. The Kier molecular flexibility index (Phi) is 11.6. The van der Waals surface area contributed by atoms with Gasteiger partial charge < -0.3 is 14.2 Å². The van der Waals surface area contributed by atoms with Crippen molar-refractivity contribution in [3.05, 3.63) is 160 Å². The minimum absolute atomic E-state index is 0.119. The average molecular weight is 654 g/mol. The number of methoxy groups -OCH3 is 1. The maximum absolute atomic E-state index is 12.2. The van der Waals surface area contributed by atoms with E-state index >= 15 is 0 Å². The molecule has 0 heterocycles. The fraction of sp³-hybridized carbons (Fsp3) is 0.295. The monoisotopic (exact) mass is 653 g/mol. The number of ether oxygens (including phenoxy) is 3. The minimum atomic E-state index is -0.617. The van der Waals surface area contributed by atoms with Gasteiger partial charge in [-0.2, -0.15) is 0 Å². The first-order valence-electron chi connectivity index (χ1n) is 17.5. The molecule has 6 rings (SSSR count). The number of rotatable bonds is 14. The third-order valence-corrected chi connectivity index (χ3v) is 9.59. The summed E-state index contributed by atoms with van der Waals surface area (Å²) in [5.41, 5.74) is 11.9. The summed E-state index contributed by atoms with van der Waals surface area (Å²) in [7, 11) is 3.76. The van der Waals surface area contributed by atoms with Crippen LogP contribution in [0.5, 0.6) is 5.75 Å². The zero-order valence-electron chi connectivity index (χ0n) is 28.9. The van der Waals surface area contributed by atoms with Gasteiger partial charge in [-0.3, -0.25) is 4.90 Å². The second-order valence-electron chi connectivity index (χ2n) is 12.9. The van der Waals surface area contributed by atoms with E-state index in [1.54, 1.807) is 6.92 Å². The highest BCUT2D eigenvalue weighted by Crippen LogP contribution is 2.38. The SMILES string of the molecule is CCOC(=O)C(Cc1ccc(OCCN(C)C2c3ccc(-c4ccccc4)cc3CCc3ccc(CCc4ccccc4)cc32)cc1)OC. The number of benzene rings is 5. The van der Waals surface area contributed by atoms with Crippen LogP contribution < -0.4 is 4.74 Å². The molecular weight excluding hydrogens is 606 g/mol. The molecule has 0 aromatic heterocycles. The Morgan fingerprint density at radius 1 is 0.735 bits per heavy atom. The van der Waals surface area contributed by atoms with Gasteiger partial charge in [0.2, 0.25) is 0 Å². The van der Waals surface area contributed by atoms with E-state index in [4.69, 9.17) is 14.2 Å². The maximum Gasteiger partial charge on any atom is 0.335 e. The molecule has 0 saturated carbocycles. The van der Waals surface area contributed by atoms with E-state index < -0.39 is 6.10 Å². The molecule has 1 aliphatic carbocycles. The first-order chi connectivity index (χ1) is 24.0. The van der Waals surface area contributed by atoms with E-state index in [9.17, 15) is 4.79 Å². The van der Waals surface area contributed by atoms with Crippen molar-refractivity contribution in [2.24, 2.45) is 0 Å². The second-order valence-corrected chi connectivity index (χ2v) is 12.9. The van der Waals surface area contributed by atoms with Gasteiger partial charge in [0, 0.05) is 20.1 Å². The summed E-state index contributed by atoms with van der Waals surface area (Å²) in [5.74, 6) is 0.467. The van der Waals surface area contributed by atoms with Gasteiger partial charge in [0.15, 0.2) is 6.10 Å². The number of fused-ring (bicyclic) bond motifs is 2. The smallest absolute Gasteiger partial charge is 0.335 e. The standard InChI is InChI=1S/C44H47NO4/c1-4-48-44(46)42(47-3)30-34-18-24-39(25-19-34)49-28-27-45(2)43-40-26-23-37(35-13-9-6-10-14-35)31-38(40)22-21-36-20-17-33(29-41(36)43)16-15-32-11-7-5-8-12-32/h5-14,17-20,23-26,29,31,42-43H,4,15-16,21-22,27-28,30H2,1-3H3. The lowest BCUT2D eigenvalue weighted by Gasteiger charge is -2.31. The Labute approximate surface area is 291 Å². The normalized spacial score (nSPS) is 14.4. The first-order valence-corrected chi connectivity index (χ1v) is 17.5. The molecule has 0 spiro atoms. The Hall–Kier alpha value is -4.71. The first kappa shape index (κ1) is 34.2. The van der Waals surface area contributed by atoms with Crippen LogP contribution in [-0.4, -0.2) is 50.9 Å². The molecule has 1 aliphatic rings. The zero-order valence-corrected chi connectivity index (χ0v) is 28.9. The van der Waals surface area contributed by atoms with E-state index in [1.807, 2.05) is 24.3 Å². The van der Waals surface area contributed by atoms with Crippen molar-refractivity contribution in [2.45, 2.75) is 51.2 Å². The lowest BCUT2D eigenvalue weighted by Crippen LogP contribution is -2.30. The summed E-state index contributed by atoms with van der Waals surface area (Å²) in [5, 5.41) is 0. The van der Waals surface area contributed by atoms with Crippen LogP contribution in [0.1, 0.15) is 51.9 Å². The third-order valence-electron chi connectivity index (χ3n) is 9.59. The Morgan fingerprint density at radius 3 is 2.16 bits per heavy atom. The number of nitrogens with zero attached hydrogens (tertiary/aromatic N) is 1. The van der Waals surface area contributed by atoms with Gasteiger partial charge in [-0.05, 0) is 102 Å². The highest BCUT2D eigenvalue weighted by Gasteiger charge is 2.28. The van der Waals surface area contributed by atoms with Crippen molar-refractivity contribution in [1.29, 1.82) is 0 Å². The second kappa shape index (κ2) is 16.6. The predicted octanol–water partition coefficient (Wildman–Crippen LogP) is 8.46. The Morgan fingerprint density at radius 2 is 1.43 bits per heavy atom.